The zero-order valence-electron chi connectivity index (χ0n) is 17.3. The molecule has 0 saturated heterocycles. The molecular weight excluding hydrogens is 352 g/mol. The molecule has 6 heteroatoms. The molecule has 1 aromatic heterocycles. The Bertz CT molecular complexity index is 861. The van der Waals surface area contributed by atoms with Gasteiger partial charge in [-0.15, -0.1) is 0 Å². The molecule has 0 aliphatic carbocycles. The monoisotopic (exact) mass is 382 g/mol. The average Bonchev–Trinajstić information content (AvgIpc) is 3.07. The van der Waals surface area contributed by atoms with Crippen molar-refractivity contribution in [3.8, 4) is 0 Å². The molecule has 0 radical (unpaired) electrons. The first-order chi connectivity index (χ1) is 13.5. The average molecular weight is 383 g/mol. The number of rotatable bonds is 6. The van der Waals surface area contributed by atoms with Crippen molar-refractivity contribution in [2.45, 2.75) is 72.4 Å². The molecule has 1 aromatic carbocycles. The molecule has 1 aliphatic heterocycles. The molecule has 6 nitrogen and oxygen atoms in total. The molecule has 2 N–H and O–H groups in total. The van der Waals surface area contributed by atoms with Crippen molar-refractivity contribution in [3.63, 3.8) is 0 Å². The van der Waals surface area contributed by atoms with E-state index < -0.39 is 0 Å². The third kappa shape index (κ3) is 3.96. The minimum absolute atomic E-state index is 0.0184. The van der Waals surface area contributed by atoms with Crippen LogP contribution in [-0.4, -0.2) is 27.4 Å². The summed E-state index contributed by atoms with van der Waals surface area (Å²) in [4.78, 5) is 30.2. The molecule has 28 heavy (non-hydrogen) atoms. The molecule has 2 heterocycles. The first-order valence-electron chi connectivity index (χ1n) is 10.3. The molecule has 0 spiro atoms. The molecule has 2 aromatic rings. The van der Waals surface area contributed by atoms with Gasteiger partial charge in [0.25, 0.3) is 11.8 Å². The Morgan fingerprint density at radius 2 is 1.79 bits per heavy atom. The Hall–Kier alpha value is -2.63. The summed E-state index contributed by atoms with van der Waals surface area (Å²) in [5.74, 6) is -0.113. The van der Waals surface area contributed by atoms with Crippen molar-refractivity contribution in [2.24, 2.45) is 0 Å². The first kappa shape index (κ1) is 20.1. The van der Waals surface area contributed by atoms with Crippen LogP contribution in [0.5, 0.6) is 0 Å². The van der Waals surface area contributed by atoms with E-state index in [-0.39, 0.29) is 17.9 Å². The number of carbonyl (C=O) groups is 2. The second kappa shape index (κ2) is 8.59. The molecule has 0 bridgehead atoms. The Kier molecular flexibility index (Phi) is 6.17. The number of hydrogen-bond acceptors (Lipinski definition) is 3. The third-order valence-electron chi connectivity index (χ3n) is 5.19. The predicted octanol–water partition coefficient (Wildman–Crippen LogP) is 3.73. The summed E-state index contributed by atoms with van der Waals surface area (Å²) >= 11 is 0. The van der Waals surface area contributed by atoms with Gasteiger partial charge in [-0.1, -0.05) is 32.0 Å². The van der Waals surface area contributed by atoms with Gasteiger partial charge in [0.05, 0.1) is 5.69 Å². The quantitative estimate of drug-likeness (QED) is 0.799. The van der Waals surface area contributed by atoms with E-state index in [4.69, 9.17) is 0 Å². The number of carbonyl (C=O) groups excluding carboxylic acids is 2. The predicted molar refractivity (Wildman–Crippen MR) is 111 cm³/mol. The lowest BCUT2D eigenvalue weighted by Gasteiger charge is -2.18. The molecule has 150 valence electrons. The van der Waals surface area contributed by atoms with E-state index in [1.165, 1.54) is 0 Å². The van der Waals surface area contributed by atoms with Crippen LogP contribution in [0.15, 0.2) is 18.2 Å². The zero-order valence-corrected chi connectivity index (χ0v) is 17.3. The lowest BCUT2D eigenvalue weighted by molar-refractivity contribution is 0.0927. The summed E-state index contributed by atoms with van der Waals surface area (Å²) in [5.41, 5.74) is 4.34. The third-order valence-corrected chi connectivity index (χ3v) is 5.19. The van der Waals surface area contributed by atoms with E-state index in [9.17, 15) is 9.59 Å². The number of imidazole rings is 1. The maximum absolute atomic E-state index is 13.2. The van der Waals surface area contributed by atoms with Crippen molar-refractivity contribution in [1.82, 2.24) is 14.9 Å². The number of fused-ring (bicyclic) bond motifs is 1. The van der Waals surface area contributed by atoms with E-state index in [0.717, 1.165) is 61.2 Å². The fraction of sp³-hybridized carbons (Fsp3) is 0.500. The highest BCUT2D eigenvalue weighted by atomic mass is 16.2. The maximum Gasteiger partial charge on any atom is 0.287 e. The Morgan fingerprint density at radius 1 is 1.11 bits per heavy atom. The minimum Gasteiger partial charge on any atom is -0.347 e. The van der Waals surface area contributed by atoms with Gasteiger partial charge >= 0.3 is 0 Å². The van der Waals surface area contributed by atoms with Gasteiger partial charge in [0.15, 0.2) is 11.5 Å². The zero-order chi connectivity index (χ0) is 20.3. The Labute approximate surface area is 166 Å². The van der Waals surface area contributed by atoms with E-state index in [1.807, 2.05) is 36.6 Å². The van der Waals surface area contributed by atoms with Crippen molar-refractivity contribution in [2.75, 3.05) is 5.32 Å². The number of benzene rings is 1. The highest BCUT2D eigenvalue weighted by molar-refractivity contribution is 6.05. The summed E-state index contributed by atoms with van der Waals surface area (Å²) in [6.07, 6.45) is 4.44. The highest BCUT2D eigenvalue weighted by Gasteiger charge is 2.28. The molecule has 2 amide bonds. The molecule has 3 rings (SSSR count). The van der Waals surface area contributed by atoms with Gasteiger partial charge in [-0.3, -0.25) is 9.59 Å². The summed E-state index contributed by atoms with van der Waals surface area (Å²) in [6, 6.07) is 6.13. The van der Waals surface area contributed by atoms with Crippen LogP contribution in [0.3, 0.4) is 0 Å². The number of nitrogens with one attached hydrogen (secondary N) is 2. The summed E-state index contributed by atoms with van der Waals surface area (Å²) in [6.45, 7) is 8.72. The van der Waals surface area contributed by atoms with Crippen LogP contribution in [0, 0.1) is 0 Å². The number of nitrogens with zero attached hydrogens (tertiary/aromatic N) is 2. The van der Waals surface area contributed by atoms with E-state index in [1.54, 1.807) is 0 Å². The topological polar surface area (TPSA) is 76.0 Å². The van der Waals surface area contributed by atoms with Crippen molar-refractivity contribution < 1.29 is 9.59 Å². The first-order valence-corrected chi connectivity index (χ1v) is 10.3. The highest BCUT2D eigenvalue weighted by Crippen LogP contribution is 2.26. The van der Waals surface area contributed by atoms with Gasteiger partial charge in [0, 0.05) is 18.3 Å². The summed E-state index contributed by atoms with van der Waals surface area (Å²) < 4.78 is 1.92. The number of hydrogen-bond donors (Lipinski definition) is 2. The van der Waals surface area contributed by atoms with Gasteiger partial charge in [-0.05, 0) is 57.1 Å². The number of para-hydroxylation sites is 1. The van der Waals surface area contributed by atoms with Crippen molar-refractivity contribution in [3.05, 3.63) is 46.5 Å². The van der Waals surface area contributed by atoms with Crippen LogP contribution in [0.4, 0.5) is 5.69 Å². The van der Waals surface area contributed by atoms with Crippen LogP contribution in [0.2, 0.25) is 0 Å². The van der Waals surface area contributed by atoms with E-state index in [2.05, 4.69) is 29.5 Å². The maximum atomic E-state index is 13.2. The fourth-order valence-corrected chi connectivity index (χ4v) is 3.80. The van der Waals surface area contributed by atoms with Crippen LogP contribution in [-0.2, 0) is 25.8 Å². The molecule has 0 saturated carbocycles. The molecule has 0 unspecified atom stereocenters. The normalized spacial score (nSPS) is 13.3. The second-order valence-corrected chi connectivity index (χ2v) is 7.58. The minimum atomic E-state index is -0.232. The molecule has 0 fully saturated rings. The van der Waals surface area contributed by atoms with Gasteiger partial charge in [-0.2, -0.15) is 0 Å². The van der Waals surface area contributed by atoms with E-state index >= 15 is 0 Å². The largest absolute Gasteiger partial charge is 0.347 e. The van der Waals surface area contributed by atoms with E-state index in [0.29, 0.717) is 11.5 Å². The number of aryl methyl sites for hydroxylation is 2. The van der Waals surface area contributed by atoms with Crippen molar-refractivity contribution >= 4 is 17.5 Å². The van der Waals surface area contributed by atoms with Crippen LogP contribution >= 0.6 is 0 Å². The Morgan fingerprint density at radius 3 is 2.39 bits per heavy atom. The van der Waals surface area contributed by atoms with Gasteiger partial charge in [-0.25, -0.2) is 4.98 Å². The molecular formula is C22H30N4O2. The fourth-order valence-electron chi connectivity index (χ4n) is 3.80. The lowest BCUT2D eigenvalue weighted by atomic mass is 10.0. The number of amides is 2. The van der Waals surface area contributed by atoms with Crippen molar-refractivity contribution in [1.29, 1.82) is 0 Å². The molecule has 0 atom stereocenters. The van der Waals surface area contributed by atoms with Crippen LogP contribution < -0.4 is 10.6 Å². The smallest absolute Gasteiger partial charge is 0.287 e. The van der Waals surface area contributed by atoms with Crippen LogP contribution in [0.1, 0.15) is 78.5 Å². The Balaban J connectivity index is 1.97. The SMILES string of the molecule is CCc1cccc(CC)c1NC(=O)c1nc(C(=O)NC(C)C)n2c1CCCC2. The standard InChI is InChI=1S/C22H30N4O2/c1-5-15-10-9-11-16(6-2)18(15)25-21(27)19-17-12-7-8-13-26(17)20(24-19)22(28)23-14(3)4/h9-11,14H,5-8,12-13H2,1-4H3,(H,23,28)(H,25,27). The summed E-state index contributed by atoms with van der Waals surface area (Å²) in [5, 5.41) is 5.99. The van der Waals surface area contributed by atoms with Gasteiger partial charge in [0.1, 0.15) is 0 Å². The summed E-state index contributed by atoms with van der Waals surface area (Å²) in [7, 11) is 0. The number of anilines is 1. The molecule has 1 aliphatic rings. The second-order valence-electron chi connectivity index (χ2n) is 7.58. The van der Waals surface area contributed by atoms with Gasteiger partial charge in [0.2, 0.25) is 0 Å². The number of aromatic nitrogens is 2. The lowest BCUT2D eigenvalue weighted by Crippen LogP contribution is -2.33. The van der Waals surface area contributed by atoms with Crippen LogP contribution in [0.25, 0.3) is 0 Å². The van der Waals surface area contributed by atoms with Gasteiger partial charge < -0.3 is 15.2 Å².